The van der Waals surface area contributed by atoms with E-state index in [4.69, 9.17) is 15.0 Å². The summed E-state index contributed by atoms with van der Waals surface area (Å²) in [5, 5.41) is 9.70. The van der Waals surface area contributed by atoms with Crippen molar-refractivity contribution >= 4 is 96.9 Å². The first-order chi connectivity index (χ1) is 37.7. The van der Waals surface area contributed by atoms with Gasteiger partial charge < -0.3 is 13.7 Å². The van der Waals surface area contributed by atoms with Crippen LogP contribution >= 0.6 is 11.3 Å². The molecule has 0 saturated heterocycles. The molecule has 5 aromatic heterocycles. The van der Waals surface area contributed by atoms with E-state index in [1.54, 1.807) is 0 Å². The molecule has 6 nitrogen and oxygen atoms in total. The Balaban J connectivity index is 0.997. The van der Waals surface area contributed by atoms with Gasteiger partial charge in [0.2, 0.25) is 0 Å². The van der Waals surface area contributed by atoms with Crippen LogP contribution in [0.15, 0.2) is 255 Å². The molecule has 0 aliphatic rings. The number of hydrogen-bond acceptors (Lipinski definition) is 4. The van der Waals surface area contributed by atoms with Crippen LogP contribution < -0.4 is 0 Å². The monoisotopic (exact) mass is 986 g/mol. The lowest BCUT2D eigenvalue weighted by Crippen LogP contribution is -2.04. The fourth-order valence-corrected chi connectivity index (χ4v) is 12.9. The lowest BCUT2D eigenvalue weighted by Gasteiger charge is -2.17. The maximum absolute atomic E-state index is 5.42. The van der Waals surface area contributed by atoms with Crippen molar-refractivity contribution < 1.29 is 0 Å². The number of benzene rings is 11. The molecule has 0 bridgehead atoms. The van der Waals surface area contributed by atoms with Crippen molar-refractivity contribution in [2.24, 2.45) is 0 Å². The summed E-state index contributed by atoms with van der Waals surface area (Å²) in [7, 11) is 0. The maximum atomic E-state index is 5.42. The van der Waals surface area contributed by atoms with E-state index >= 15 is 0 Å². The number of fused-ring (bicyclic) bond motifs is 12. The number of rotatable bonds is 7. The summed E-state index contributed by atoms with van der Waals surface area (Å²) in [6.45, 7) is 0. The molecule has 16 rings (SSSR count). The summed E-state index contributed by atoms with van der Waals surface area (Å²) >= 11 is 1.84. The van der Waals surface area contributed by atoms with Crippen molar-refractivity contribution in [3.05, 3.63) is 255 Å². The van der Waals surface area contributed by atoms with Crippen molar-refractivity contribution in [3.63, 3.8) is 0 Å². The van der Waals surface area contributed by atoms with Gasteiger partial charge >= 0.3 is 0 Å². The standard InChI is InChI=1S/C69H42N6S/c1-3-17-43(18-4-1)67-70-68(44-19-5-2-6-20-44)72-69(71-67)57-40-45(46-32-38-66-56(39-46)53-25-11-16-30-65(53)76-66)31-35-64(57)75-62-36-33-47(73-58-26-12-7-21-49(58)50-22-8-13-27-59(50)73)41-54(62)55-42-48(34-37-63(55)75)74-60-28-14-9-23-51(60)52-24-10-15-29-61(52)74/h1-42H. The topological polar surface area (TPSA) is 53.5 Å². The van der Waals surface area contributed by atoms with E-state index in [9.17, 15) is 0 Å². The van der Waals surface area contributed by atoms with E-state index in [2.05, 4.69) is 232 Å². The van der Waals surface area contributed by atoms with Crippen LogP contribution in [0.4, 0.5) is 0 Å². The summed E-state index contributed by atoms with van der Waals surface area (Å²) < 4.78 is 9.81. The van der Waals surface area contributed by atoms with Gasteiger partial charge in [0.05, 0.1) is 38.8 Å². The third-order valence-corrected chi connectivity index (χ3v) is 16.4. The van der Waals surface area contributed by atoms with Crippen molar-refractivity contribution in [2.45, 2.75) is 0 Å². The first-order valence-corrected chi connectivity index (χ1v) is 26.5. The number of aromatic nitrogens is 6. The maximum Gasteiger partial charge on any atom is 0.166 e. The summed E-state index contributed by atoms with van der Waals surface area (Å²) in [6, 6.07) is 91.8. The Labute approximate surface area is 440 Å². The first kappa shape index (κ1) is 42.5. The van der Waals surface area contributed by atoms with Gasteiger partial charge in [-0.15, -0.1) is 11.3 Å². The Morgan fingerprint density at radius 2 is 0.658 bits per heavy atom. The third kappa shape index (κ3) is 6.56. The molecular weight excluding hydrogens is 945 g/mol. The minimum atomic E-state index is 0.588. The van der Waals surface area contributed by atoms with Gasteiger partial charge in [0, 0.05) is 80.6 Å². The highest BCUT2D eigenvalue weighted by Gasteiger charge is 2.23. The van der Waals surface area contributed by atoms with Crippen LogP contribution in [0.3, 0.4) is 0 Å². The van der Waals surface area contributed by atoms with Crippen LogP contribution in [0.25, 0.3) is 148 Å². The smallest absolute Gasteiger partial charge is 0.166 e. The minimum Gasteiger partial charge on any atom is -0.309 e. The Morgan fingerprint density at radius 1 is 0.250 bits per heavy atom. The second-order valence-electron chi connectivity index (χ2n) is 19.6. The number of nitrogens with zero attached hydrogens (tertiary/aromatic N) is 6. The van der Waals surface area contributed by atoms with Gasteiger partial charge in [-0.25, -0.2) is 15.0 Å². The molecule has 0 spiro atoms. The SMILES string of the molecule is c1ccc(-c2nc(-c3ccccc3)nc(-c3cc(-c4ccc5sc6ccccc6c5c4)ccc3-n3c4ccc(-n5c6ccccc6c6ccccc65)cc4c4cc(-n5c6ccccc6c6ccccc65)ccc43)n2)cc1. The fourth-order valence-electron chi connectivity index (χ4n) is 11.9. The molecule has 0 fully saturated rings. The molecule has 0 atom stereocenters. The second-order valence-corrected chi connectivity index (χ2v) is 20.6. The van der Waals surface area contributed by atoms with Crippen LogP contribution in [0.1, 0.15) is 0 Å². The highest BCUT2D eigenvalue weighted by molar-refractivity contribution is 7.25. The van der Waals surface area contributed by atoms with Crippen LogP contribution in [0.5, 0.6) is 0 Å². The van der Waals surface area contributed by atoms with Gasteiger partial charge in [-0.2, -0.15) is 0 Å². The molecule has 354 valence electrons. The Bertz CT molecular complexity index is 4670. The fraction of sp³-hybridized carbons (Fsp3) is 0. The zero-order valence-corrected chi connectivity index (χ0v) is 41.7. The van der Waals surface area contributed by atoms with Gasteiger partial charge in [0.25, 0.3) is 0 Å². The highest BCUT2D eigenvalue weighted by atomic mass is 32.1. The predicted molar refractivity (Wildman–Crippen MR) is 317 cm³/mol. The minimum absolute atomic E-state index is 0.588. The van der Waals surface area contributed by atoms with Gasteiger partial charge in [0.1, 0.15) is 0 Å². The molecule has 7 heteroatoms. The average Bonchev–Trinajstić information content (AvgIpc) is 4.30. The molecule has 0 N–H and O–H groups in total. The highest BCUT2D eigenvalue weighted by Crippen LogP contribution is 2.43. The van der Waals surface area contributed by atoms with Crippen molar-refractivity contribution in [2.75, 3.05) is 0 Å². The Kier molecular flexibility index (Phi) is 9.40. The molecule has 0 amide bonds. The third-order valence-electron chi connectivity index (χ3n) is 15.3. The molecule has 0 unspecified atom stereocenters. The number of para-hydroxylation sites is 4. The van der Waals surface area contributed by atoms with Crippen molar-refractivity contribution in [1.29, 1.82) is 0 Å². The first-order valence-electron chi connectivity index (χ1n) is 25.7. The zero-order chi connectivity index (χ0) is 49.8. The summed E-state index contributed by atoms with van der Waals surface area (Å²) in [6.07, 6.45) is 0. The van der Waals surface area contributed by atoms with Crippen molar-refractivity contribution in [1.82, 2.24) is 28.7 Å². The van der Waals surface area contributed by atoms with Gasteiger partial charge in [-0.1, -0.05) is 164 Å². The lowest BCUT2D eigenvalue weighted by atomic mass is 9.99. The normalized spacial score (nSPS) is 11.9. The number of hydrogen-bond donors (Lipinski definition) is 0. The molecule has 5 heterocycles. The van der Waals surface area contributed by atoms with E-state index in [-0.39, 0.29) is 0 Å². The van der Waals surface area contributed by atoms with Gasteiger partial charge in [-0.05, 0) is 102 Å². The van der Waals surface area contributed by atoms with Crippen LogP contribution in [0.2, 0.25) is 0 Å². The zero-order valence-electron chi connectivity index (χ0n) is 40.8. The summed E-state index contributed by atoms with van der Waals surface area (Å²) in [5.74, 6) is 1.81. The molecule has 76 heavy (non-hydrogen) atoms. The Hall–Kier alpha value is -9.95. The van der Waals surface area contributed by atoms with Crippen molar-refractivity contribution in [3.8, 4) is 62.4 Å². The predicted octanol–water partition coefficient (Wildman–Crippen LogP) is 18.2. The van der Waals surface area contributed by atoms with Crippen LogP contribution in [-0.4, -0.2) is 28.7 Å². The Morgan fingerprint density at radius 3 is 1.18 bits per heavy atom. The largest absolute Gasteiger partial charge is 0.309 e. The second kappa shape index (κ2) is 16.8. The molecule has 0 saturated carbocycles. The molecule has 16 aromatic rings. The molecule has 0 radical (unpaired) electrons. The lowest BCUT2D eigenvalue weighted by molar-refractivity contribution is 1.06. The van der Waals surface area contributed by atoms with Crippen LogP contribution in [-0.2, 0) is 0 Å². The average molecular weight is 987 g/mol. The van der Waals surface area contributed by atoms with Crippen LogP contribution in [0, 0.1) is 0 Å². The van der Waals surface area contributed by atoms with E-state index in [1.807, 2.05) is 47.7 Å². The van der Waals surface area contributed by atoms with E-state index in [0.29, 0.717) is 17.5 Å². The molecule has 0 aliphatic heterocycles. The van der Waals surface area contributed by atoms with Gasteiger partial charge in [0.15, 0.2) is 17.5 Å². The molecular formula is C69H42N6S. The molecule has 0 aliphatic carbocycles. The van der Waals surface area contributed by atoms with Gasteiger partial charge in [-0.3, -0.25) is 0 Å². The van der Waals surface area contributed by atoms with E-state index < -0.39 is 0 Å². The van der Waals surface area contributed by atoms with E-state index in [1.165, 1.54) is 63.8 Å². The summed E-state index contributed by atoms with van der Waals surface area (Å²) in [5.41, 5.74) is 14.9. The quantitative estimate of drug-likeness (QED) is 0.160. The summed E-state index contributed by atoms with van der Waals surface area (Å²) in [4.78, 5) is 16.0. The van der Waals surface area contributed by atoms with E-state index in [0.717, 1.165) is 66.7 Å². The molecule has 11 aromatic carbocycles. The number of thiophene rings is 1.